The van der Waals surface area contributed by atoms with Gasteiger partial charge in [0.15, 0.2) is 5.78 Å². The highest BCUT2D eigenvalue weighted by molar-refractivity contribution is 7.03. The molecule has 0 radical (unpaired) electrons. The normalized spacial score (nSPS) is 17.9. The minimum absolute atomic E-state index is 0.0662. The number of carbonyl (C=O) groups excluding carboxylic acids is 4. The third-order valence-corrected chi connectivity index (χ3v) is 5.49. The number of hydrogen-bond acceptors (Lipinski definition) is 7. The lowest BCUT2D eigenvalue weighted by atomic mass is 9.87. The summed E-state index contributed by atoms with van der Waals surface area (Å²) in [5.74, 6) is -2.30. The average molecular weight is 429 g/mol. The second-order valence-electron chi connectivity index (χ2n) is 7.08. The van der Waals surface area contributed by atoms with Gasteiger partial charge < -0.3 is 15.4 Å². The fourth-order valence-electron chi connectivity index (χ4n) is 3.26. The van der Waals surface area contributed by atoms with Gasteiger partial charge in [-0.15, -0.1) is 0 Å². The summed E-state index contributed by atoms with van der Waals surface area (Å²) in [6, 6.07) is 8.19. The van der Waals surface area contributed by atoms with Crippen molar-refractivity contribution in [1.82, 2.24) is 15.0 Å². The Balaban J connectivity index is 1.65. The fourth-order valence-corrected chi connectivity index (χ4v) is 3.83. The predicted octanol–water partition coefficient (Wildman–Crippen LogP) is 2.56. The Labute approximate surface area is 178 Å². The van der Waals surface area contributed by atoms with Crippen LogP contribution in [0.4, 0.5) is 4.79 Å². The number of ketones is 2. The third kappa shape index (κ3) is 5.96. The van der Waals surface area contributed by atoms with E-state index in [2.05, 4.69) is 15.0 Å². The van der Waals surface area contributed by atoms with Crippen LogP contribution in [0, 0.1) is 5.92 Å². The van der Waals surface area contributed by atoms with Gasteiger partial charge in [0.2, 0.25) is 5.78 Å². The molecule has 3 rings (SSSR count). The average Bonchev–Trinajstić information content (AvgIpc) is 3.28. The van der Waals surface area contributed by atoms with E-state index in [4.69, 9.17) is 4.74 Å². The Hall–Kier alpha value is -3.07. The van der Waals surface area contributed by atoms with Crippen LogP contribution in [-0.2, 0) is 25.7 Å². The minimum atomic E-state index is -0.992. The van der Waals surface area contributed by atoms with Crippen molar-refractivity contribution in [2.24, 2.45) is 5.92 Å². The molecule has 0 bridgehead atoms. The van der Waals surface area contributed by atoms with Crippen LogP contribution in [-0.4, -0.2) is 34.5 Å². The standard InChI is InChI=1S/C21H23N3O5S/c25-17(10-15-8-4-5-9-22-20(27)19(15)26)18(16-11-23-30-13-16)24-21(28)29-12-14-6-2-1-3-7-14/h1-3,6-7,11,13,15,18H,4-5,8-10,12H2,(H,22,27)(H,24,28). The number of nitrogens with one attached hydrogen (secondary N) is 2. The van der Waals surface area contributed by atoms with Crippen molar-refractivity contribution in [1.29, 1.82) is 0 Å². The van der Waals surface area contributed by atoms with E-state index >= 15 is 0 Å². The number of amides is 2. The summed E-state index contributed by atoms with van der Waals surface area (Å²) in [6.07, 6.45) is 2.58. The molecule has 2 amide bonds. The first kappa shape index (κ1) is 21.6. The molecule has 2 atom stereocenters. The number of carbonyl (C=O) groups is 4. The molecule has 0 saturated carbocycles. The zero-order chi connectivity index (χ0) is 21.3. The maximum Gasteiger partial charge on any atom is 0.408 e. The molecule has 30 heavy (non-hydrogen) atoms. The molecule has 158 valence electrons. The quantitative estimate of drug-likeness (QED) is 0.654. The van der Waals surface area contributed by atoms with Gasteiger partial charge in [-0.2, -0.15) is 0 Å². The zero-order valence-electron chi connectivity index (χ0n) is 16.3. The molecule has 1 saturated heterocycles. The number of benzene rings is 1. The molecular weight excluding hydrogens is 406 g/mol. The van der Waals surface area contributed by atoms with Crippen molar-refractivity contribution in [3.8, 4) is 0 Å². The number of hydrogen-bond donors (Lipinski definition) is 2. The van der Waals surface area contributed by atoms with Crippen molar-refractivity contribution in [3.05, 3.63) is 53.0 Å². The van der Waals surface area contributed by atoms with E-state index in [0.717, 1.165) is 29.9 Å². The summed E-state index contributed by atoms with van der Waals surface area (Å²) in [4.78, 5) is 49.5. The van der Waals surface area contributed by atoms with Crippen LogP contribution >= 0.6 is 11.5 Å². The first-order valence-electron chi connectivity index (χ1n) is 9.76. The summed E-state index contributed by atoms with van der Waals surface area (Å²) in [6.45, 7) is 0.528. The lowest BCUT2D eigenvalue weighted by Crippen LogP contribution is -2.40. The van der Waals surface area contributed by atoms with Crippen LogP contribution in [0.3, 0.4) is 0 Å². The lowest BCUT2D eigenvalue weighted by Gasteiger charge is -2.21. The highest BCUT2D eigenvalue weighted by atomic mass is 32.1. The maximum atomic E-state index is 13.0. The van der Waals surface area contributed by atoms with E-state index in [0.29, 0.717) is 18.5 Å². The van der Waals surface area contributed by atoms with Crippen molar-refractivity contribution in [2.45, 2.75) is 38.3 Å². The van der Waals surface area contributed by atoms with Gasteiger partial charge in [0.25, 0.3) is 5.91 Å². The van der Waals surface area contributed by atoms with Gasteiger partial charge in [-0.25, -0.2) is 9.17 Å². The van der Waals surface area contributed by atoms with Crippen molar-refractivity contribution >= 4 is 35.1 Å². The monoisotopic (exact) mass is 429 g/mol. The first-order valence-corrected chi connectivity index (χ1v) is 10.6. The van der Waals surface area contributed by atoms with Crippen molar-refractivity contribution in [3.63, 3.8) is 0 Å². The van der Waals surface area contributed by atoms with E-state index in [9.17, 15) is 19.2 Å². The van der Waals surface area contributed by atoms with E-state index in [1.54, 1.807) is 5.38 Å². The second-order valence-corrected chi connectivity index (χ2v) is 7.74. The van der Waals surface area contributed by atoms with Gasteiger partial charge in [0.1, 0.15) is 12.6 Å². The molecule has 0 aliphatic carbocycles. The summed E-state index contributed by atoms with van der Waals surface area (Å²) >= 11 is 1.15. The topological polar surface area (TPSA) is 114 Å². The van der Waals surface area contributed by atoms with Crippen LogP contribution in [0.25, 0.3) is 0 Å². The van der Waals surface area contributed by atoms with Gasteiger partial charge in [0, 0.05) is 36.0 Å². The van der Waals surface area contributed by atoms with Crippen LogP contribution in [0.15, 0.2) is 41.9 Å². The smallest absolute Gasteiger partial charge is 0.408 e. The molecule has 8 nitrogen and oxygen atoms in total. The molecule has 2 aromatic rings. The summed E-state index contributed by atoms with van der Waals surface area (Å²) < 4.78 is 9.21. The SMILES string of the molecule is O=C(NC(C(=O)CC1CCCCNC(=O)C1=O)c1cnsc1)OCc1ccccc1. The molecule has 0 spiro atoms. The number of Topliss-reactive ketones (excluding diaryl/α,β-unsaturated/α-hetero) is 2. The van der Waals surface area contributed by atoms with Gasteiger partial charge in [-0.05, 0) is 29.9 Å². The highest BCUT2D eigenvalue weighted by Gasteiger charge is 2.32. The lowest BCUT2D eigenvalue weighted by molar-refractivity contribution is -0.141. The summed E-state index contributed by atoms with van der Waals surface area (Å²) in [5, 5.41) is 6.80. The predicted molar refractivity (Wildman–Crippen MR) is 110 cm³/mol. The van der Waals surface area contributed by atoms with Crippen LogP contribution in [0.1, 0.15) is 42.9 Å². The van der Waals surface area contributed by atoms with Gasteiger partial charge in [0.05, 0.1) is 0 Å². The molecule has 2 unspecified atom stereocenters. The molecule has 2 heterocycles. The molecule has 1 aliphatic heterocycles. The van der Waals surface area contributed by atoms with Crippen molar-refractivity contribution < 1.29 is 23.9 Å². The number of nitrogens with zero attached hydrogens (tertiary/aromatic N) is 1. The zero-order valence-corrected chi connectivity index (χ0v) is 17.2. The number of rotatable bonds is 7. The number of ether oxygens (including phenoxy) is 1. The Morgan fingerprint density at radius 3 is 2.77 bits per heavy atom. The summed E-state index contributed by atoms with van der Waals surface area (Å²) in [5.41, 5.74) is 1.34. The van der Waals surface area contributed by atoms with Gasteiger partial charge in [-0.1, -0.05) is 36.8 Å². The van der Waals surface area contributed by atoms with Crippen LogP contribution in [0.2, 0.25) is 0 Å². The molecule has 1 aromatic heterocycles. The Bertz CT molecular complexity index is 885. The van der Waals surface area contributed by atoms with E-state index < -0.39 is 29.7 Å². The minimum Gasteiger partial charge on any atom is -0.445 e. The van der Waals surface area contributed by atoms with E-state index in [1.165, 1.54) is 6.20 Å². The molecule has 2 N–H and O–H groups in total. The van der Waals surface area contributed by atoms with Crippen LogP contribution in [0.5, 0.6) is 0 Å². The van der Waals surface area contributed by atoms with Crippen LogP contribution < -0.4 is 10.6 Å². The van der Waals surface area contributed by atoms with E-state index in [-0.39, 0.29) is 18.8 Å². The van der Waals surface area contributed by atoms with E-state index in [1.807, 2.05) is 30.3 Å². The van der Waals surface area contributed by atoms with Gasteiger partial charge in [-0.3, -0.25) is 14.4 Å². The third-order valence-electron chi connectivity index (χ3n) is 4.89. The maximum absolute atomic E-state index is 13.0. The van der Waals surface area contributed by atoms with Crippen molar-refractivity contribution in [2.75, 3.05) is 6.54 Å². The fraction of sp³-hybridized carbons (Fsp3) is 0.381. The number of alkyl carbamates (subject to hydrolysis) is 1. The first-order chi connectivity index (χ1) is 14.5. The summed E-state index contributed by atoms with van der Waals surface area (Å²) in [7, 11) is 0. The molecule has 1 aromatic carbocycles. The highest BCUT2D eigenvalue weighted by Crippen LogP contribution is 2.23. The Morgan fingerprint density at radius 2 is 2.03 bits per heavy atom. The Morgan fingerprint density at radius 1 is 1.23 bits per heavy atom. The number of aromatic nitrogens is 1. The molecular formula is C21H23N3O5S. The molecule has 1 aliphatic rings. The Kier molecular flexibility index (Phi) is 7.67. The molecule has 9 heteroatoms. The van der Waals surface area contributed by atoms with Gasteiger partial charge >= 0.3 is 6.09 Å². The largest absolute Gasteiger partial charge is 0.445 e. The molecule has 1 fully saturated rings. The second kappa shape index (κ2) is 10.6.